The van der Waals surface area contributed by atoms with Crippen LogP contribution in [-0.2, 0) is 6.42 Å². The van der Waals surface area contributed by atoms with E-state index < -0.39 is 11.7 Å². The monoisotopic (exact) mass is 310 g/mol. The lowest BCUT2D eigenvalue weighted by atomic mass is 9.92. The van der Waals surface area contributed by atoms with E-state index in [1.54, 1.807) is 32.1 Å². The minimum Gasteiger partial charge on any atom is -0.390 e. The SMILES string of the molecule is CC(C)(O)C(O)Cc1ccccc1C=CC(=O)c1ccccc1. The number of aliphatic hydroxyl groups is 2. The highest BCUT2D eigenvalue weighted by Gasteiger charge is 2.24. The fourth-order valence-electron chi connectivity index (χ4n) is 2.20. The third-order valence-corrected chi connectivity index (χ3v) is 3.76. The quantitative estimate of drug-likeness (QED) is 0.636. The van der Waals surface area contributed by atoms with Crippen molar-refractivity contribution in [3.05, 3.63) is 77.4 Å². The van der Waals surface area contributed by atoms with Gasteiger partial charge in [-0.25, -0.2) is 0 Å². The first kappa shape index (κ1) is 17.1. The van der Waals surface area contributed by atoms with Crippen LogP contribution in [0.3, 0.4) is 0 Å². The second-order valence-electron chi connectivity index (χ2n) is 6.14. The zero-order valence-electron chi connectivity index (χ0n) is 13.4. The summed E-state index contributed by atoms with van der Waals surface area (Å²) in [7, 11) is 0. The lowest BCUT2D eigenvalue weighted by Gasteiger charge is -2.25. The van der Waals surface area contributed by atoms with Crippen molar-refractivity contribution in [2.45, 2.75) is 32.0 Å². The summed E-state index contributed by atoms with van der Waals surface area (Å²) >= 11 is 0. The van der Waals surface area contributed by atoms with Gasteiger partial charge in [0.25, 0.3) is 0 Å². The highest BCUT2D eigenvalue weighted by Crippen LogP contribution is 2.18. The first-order valence-corrected chi connectivity index (χ1v) is 7.64. The van der Waals surface area contributed by atoms with Gasteiger partial charge in [0.15, 0.2) is 5.78 Å². The Morgan fingerprint density at radius 3 is 2.35 bits per heavy atom. The molecule has 0 heterocycles. The number of rotatable bonds is 6. The molecule has 3 nitrogen and oxygen atoms in total. The Bertz CT molecular complexity index is 682. The van der Waals surface area contributed by atoms with E-state index in [-0.39, 0.29) is 5.78 Å². The summed E-state index contributed by atoms with van der Waals surface area (Å²) < 4.78 is 0. The lowest BCUT2D eigenvalue weighted by Crippen LogP contribution is -2.37. The van der Waals surface area contributed by atoms with Gasteiger partial charge in [0, 0.05) is 12.0 Å². The van der Waals surface area contributed by atoms with E-state index in [9.17, 15) is 15.0 Å². The number of carbonyl (C=O) groups is 1. The van der Waals surface area contributed by atoms with E-state index in [1.165, 1.54) is 6.08 Å². The van der Waals surface area contributed by atoms with Crippen molar-refractivity contribution in [2.75, 3.05) is 0 Å². The van der Waals surface area contributed by atoms with Crippen molar-refractivity contribution in [1.29, 1.82) is 0 Å². The van der Waals surface area contributed by atoms with Crippen LogP contribution in [0.15, 0.2) is 60.7 Å². The van der Waals surface area contributed by atoms with Gasteiger partial charge in [-0.3, -0.25) is 4.79 Å². The van der Waals surface area contributed by atoms with Gasteiger partial charge >= 0.3 is 0 Å². The number of ketones is 1. The Morgan fingerprint density at radius 2 is 1.70 bits per heavy atom. The van der Waals surface area contributed by atoms with E-state index in [1.807, 2.05) is 42.5 Å². The largest absolute Gasteiger partial charge is 0.390 e. The summed E-state index contributed by atoms with van der Waals surface area (Å²) in [4.78, 5) is 12.1. The van der Waals surface area contributed by atoms with Crippen molar-refractivity contribution in [3.8, 4) is 0 Å². The highest BCUT2D eigenvalue weighted by atomic mass is 16.3. The maximum atomic E-state index is 12.1. The standard InChI is InChI=1S/C20H22O3/c1-20(2,23)19(22)14-17-11-7-6-8-15(17)12-13-18(21)16-9-4-3-5-10-16/h3-13,19,22-23H,14H2,1-2H3. The maximum absolute atomic E-state index is 12.1. The molecule has 1 unspecified atom stereocenters. The van der Waals surface area contributed by atoms with Gasteiger partial charge < -0.3 is 10.2 Å². The number of carbonyl (C=O) groups excluding carboxylic acids is 1. The minimum atomic E-state index is -1.17. The Labute approximate surface area is 136 Å². The molecule has 0 saturated heterocycles. The molecule has 0 fully saturated rings. The van der Waals surface area contributed by atoms with E-state index in [2.05, 4.69) is 0 Å². The summed E-state index contributed by atoms with van der Waals surface area (Å²) in [5.74, 6) is -0.0663. The average Bonchev–Trinajstić information content (AvgIpc) is 2.53. The Balaban J connectivity index is 2.17. The molecule has 0 aliphatic rings. The van der Waals surface area contributed by atoms with Gasteiger partial charge in [-0.1, -0.05) is 60.7 Å². The van der Waals surface area contributed by atoms with Crippen LogP contribution in [0, 0.1) is 0 Å². The molecule has 0 aromatic heterocycles. The number of allylic oxidation sites excluding steroid dienone is 1. The van der Waals surface area contributed by atoms with Gasteiger partial charge in [-0.2, -0.15) is 0 Å². The molecule has 2 N–H and O–H groups in total. The van der Waals surface area contributed by atoms with Gasteiger partial charge in [-0.05, 0) is 31.1 Å². The third-order valence-electron chi connectivity index (χ3n) is 3.76. The summed E-state index contributed by atoms with van der Waals surface area (Å²) in [6.45, 7) is 3.16. The van der Waals surface area contributed by atoms with Crippen LogP contribution in [0.2, 0.25) is 0 Å². The lowest BCUT2D eigenvalue weighted by molar-refractivity contribution is -0.0469. The second-order valence-corrected chi connectivity index (χ2v) is 6.14. The normalized spacial score (nSPS) is 13.2. The molecule has 2 aromatic rings. The molecule has 1 atom stereocenters. The molecule has 120 valence electrons. The van der Waals surface area contributed by atoms with Crippen LogP contribution in [0.5, 0.6) is 0 Å². The molecule has 0 saturated carbocycles. The molecule has 0 amide bonds. The van der Waals surface area contributed by atoms with Crippen molar-refractivity contribution in [1.82, 2.24) is 0 Å². The summed E-state index contributed by atoms with van der Waals surface area (Å²) in [5.41, 5.74) is 1.22. The number of hydrogen-bond donors (Lipinski definition) is 2. The number of benzene rings is 2. The topological polar surface area (TPSA) is 57.5 Å². The van der Waals surface area contributed by atoms with Gasteiger partial charge in [0.2, 0.25) is 0 Å². The summed E-state index contributed by atoms with van der Waals surface area (Å²) in [6, 6.07) is 16.6. The summed E-state index contributed by atoms with van der Waals surface area (Å²) in [5, 5.41) is 20.0. The molecular formula is C20H22O3. The van der Waals surface area contributed by atoms with E-state index in [0.717, 1.165) is 11.1 Å². The third kappa shape index (κ3) is 4.88. The fraction of sp³-hybridized carbons (Fsp3) is 0.250. The second kappa shape index (κ2) is 7.36. The van der Waals surface area contributed by atoms with E-state index in [0.29, 0.717) is 12.0 Å². The van der Waals surface area contributed by atoms with E-state index >= 15 is 0 Å². The Morgan fingerprint density at radius 1 is 1.09 bits per heavy atom. The van der Waals surface area contributed by atoms with Crippen LogP contribution in [0.4, 0.5) is 0 Å². The maximum Gasteiger partial charge on any atom is 0.185 e. The number of hydrogen-bond acceptors (Lipinski definition) is 3. The van der Waals surface area contributed by atoms with Gasteiger partial charge in [0.05, 0.1) is 11.7 Å². The van der Waals surface area contributed by atoms with Crippen molar-refractivity contribution < 1.29 is 15.0 Å². The molecular weight excluding hydrogens is 288 g/mol. The highest BCUT2D eigenvalue weighted by molar-refractivity contribution is 6.06. The van der Waals surface area contributed by atoms with Crippen LogP contribution in [0.1, 0.15) is 35.3 Å². The Kier molecular flexibility index (Phi) is 5.48. The Hall–Kier alpha value is -2.23. The number of aliphatic hydroxyl groups excluding tert-OH is 1. The van der Waals surface area contributed by atoms with Crippen LogP contribution in [0.25, 0.3) is 6.08 Å². The smallest absolute Gasteiger partial charge is 0.185 e. The molecule has 2 rings (SSSR count). The first-order valence-electron chi connectivity index (χ1n) is 7.64. The molecule has 0 bridgehead atoms. The minimum absolute atomic E-state index is 0.0663. The van der Waals surface area contributed by atoms with Crippen molar-refractivity contribution in [2.24, 2.45) is 0 Å². The molecule has 0 aliphatic heterocycles. The summed E-state index contributed by atoms with van der Waals surface area (Å²) in [6.07, 6.45) is 2.73. The molecule has 3 heteroatoms. The molecule has 23 heavy (non-hydrogen) atoms. The van der Waals surface area contributed by atoms with Gasteiger partial charge in [-0.15, -0.1) is 0 Å². The van der Waals surface area contributed by atoms with Crippen molar-refractivity contribution >= 4 is 11.9 Å². The zero-order chi connectivity index (χ0) is 16.9. The first-order chi connectivity index (χ1) is 10.9. The predicted molar refractivity (Wildman–Crippen MR) is 92.3 cm³/mol. The molecule has 2 aromatic carbocycles. The predicted octanol–water partition coefficient (Wildman–Crippen LogP) is 3.26. The van der Waals surface area contributed by atoms with Crippen LogP contribution < -0.4 is 0 Å². The average molecular weight is 310 g/mol. The van der Waals surface area contributed by atoms with Crippen LogP contribution >= 0.6 is 0 Å². The molecule has 0 radical (unpaired) electrons. The van der Waals surface area contributed by atoms with Crippen molar-refractivity contribution in [3.63, 3.8) is 0 Å². The zero-order valence-corrected chi connectivity index (χ0v) is 13.4. The molecule has 0 aliphatic carbocycles. The van der Waals surface area contributed by atoms with Crippen LogP contribution in [-0.4, -0.2) is 27.7 Å². The fourth-order valence-corrected chi connectivity index (χ4v) is 2.20. The molecule has 0 spiro atoms. The van der Waals surface area contributed by atoms with Gasteiger partial charge in [0.1, 0.15) is 0 Å². The van der Waals surface area contributed by atoms with E-state index in [4.69, 9.17) is 0 Å².